The van der Waals surface area contributed by atoms with Gasteiger partial charge in [-0.1, -0.05) is 0 Å². The topological polar surface area (TPSA) is 57.0 Å². The molecule has 0 aromatic heterocycles. The van der Waals surface area contributed by atoms with Gasteiger partial charge in [-0.3, -0.25) is 0 Å². The van der Waals surface area contributed by atoms with Crippen LogP contribution in [0.2, 0.25) is 0 Å². The monoisotopic (exact) mass is 234 g/mol. The fourth-order valence-corrected chi connectivity index (χ4v) is 0. The first kappa shape index (κ1) is 58.8. The van der Waals surface area contributed by atoms with Crippen molar-refractivity contribution in [3.63, 3.8) is 0 Å². The second-order valence-corrected chi connectivity index (χ2v) is 0. The average molecular weight is 236 g/mol. The average Bonchev–Trinajstić information content (AvgIpc) is 0. The summed E-state index contributed by atoms with van der Waals surface area (Å²) in [5.41, 5.74) is 0. The molecule has 0 saturated heterocycles. The van der Waals surface area contributed by atoms with E-state index in [1.165, 1.54) is 0 Å². The molecule has 0 saturated carbocycles. The molecule has 2 nitrogen and oxygen atoms in total. The third-order valence-electron chi connectivity index (χ3n) is 0. The SMILES string of the molecule is [O-2].[O-2].[Ti+4].[Zn].[Zr]. The van der Waals surface area contributed by atoms with Gasteiger partial charge in [-0.15, -0.1) is 0 Å². The third kappa shape index (κ3) is 23.0. The van der Waals surface area contributed by atoms with Crippen molar-refractivity contribution in [2.75, 3.05) is 0 Å². The van der Waals surface area contributed by atoms with Crippen molar-refractivity contribution in [2.45, 2.75) is 0 Å². The van der Waals surface area contributed by atoms with Crippen LogP contribution in [0.25, 0.3) is 0 Å². The Bertz CT molecular complexity index is 9.61. The van der Waals surface area contributed by atoms with Crippen molar-refractivity contribution in [1.29, 1.82) is 0 Å². The zero-order valence-corrected chi connectivity index (χ0v) is 9.51. The van der Waals surface area contributed by atoms with E-state index in [0.717, 1.165) is 0 Å². The van der Waals surface area contributed by atoms with Gasteiger partial charge in [0.15, 0.2) is 0 Å². The predicted octanol–water partition coefficient (Wildman–Crippen LogP) is -0.245. The molecule has 0 aliphatic carbocycles. The van der Waals surface area contributed by atoms with Crippen molar-refractivity contribution in [3.8, 4) is 0 Å². The van der Waals surface area contributed by atoms with Gasteiger partial charge < -0.3 is 11.0 Å². The maximum absolute atomic E-state index is 0. The van der Waals surface area contributed by atoms with E-state index in [1.54, 1.807) is 0 Å². The van der Waals surface area contributed by atoms with Gasteiger partial charge in [0.2, 0.25) is 0 Å². The van der Waals surface area contributed by atoms with Crippen LogP contribution in [-0.4, -0.2) is 0 Å². The molecule has 0 aromatic carbocycles. The Hall–Kier alpha value is 2.14. The van der Waals surface area contributed by atoms with E-state index in [4.69, 9.17) is 0 Å². The molecular formula is O2TiZnZr. The first-order valence-corrected chi connectivity index (χ1v) is 0. The molecule has 0 heterocycles. The Labute approximate surface area is 77.5 Å². The fraction of sp³-hybridized carbons (Fsp3) is 0. The number of hydrogen-bond acceptors (Lipinski definition) is 0. The molecule has 0 fully saturated rings. The molecule has 0 unspecified atom stereocenters. The number of hydrogen-bond donors (Lipinski definition) is 0. The van der Waals surface area contributed by atoms with Gasteiger partial charge in [-0.05, 0) is 0 Å². The molecule has 22 valence electrons. The molecule has 0 radical (unpaired) electrons. The molecule has 0 amide bonds. The first-order chi connectivity index (χ1) is 0. The summed E-state index contributed by atoms with van der Waals surface area (Å²) < 4.78 is 0. The van der Waals surface area contributed by atoms with Crippen LogP contribution < -0.4 is 0 Å². The van der Waals surface area contributed by atoms with Crippen LogP contribution in [0.1, 0.15) is 0 Å². The molecule has 5 heavy (non-hydrogen) atoms. The summed E-state index contributed by atoms with van der Waals surface area (Å²) in [4.78, 5) is 0. The van der Waals surface area contributed by atoms with E-state index in [0.29, 0.717) is 0 Å². The molecule has 0 spiro atoms. The maximum atomic E-state index is 0. The largest absolute Gasteiger partial charge is 4.00 e. The van der Waals surface area contributed by atoms with Crippen LogP contribution in [0.3, 0.4) is 0 Å². The van der Waals surface area contributed by atoms with Crippen LogP contribution in [0.5, 0.6) is 0 Å². The molecule has 0 N–H and O–H groups in total. The van der Waals surface area contributed by atoms with Crippen LogP contribution >= 0.6 is 0 Å². The quantitative estimate of drug-likeness (QED) is 0.521. The molecule has 0 aliphatic heterocycles. The fourth-order valence-electron chi connectivity index (χ4n) is 0. The second-order valence-electron chi connectivity index (χ2n) is 0. The summed E-state index contributed by atoms with van der Waals surface area (Å²) in [6.07, 6.45) is 0. The van der Waals surface area contributed by atoms with E-state index >= 15 is 0 Å². The Balaban J connectivity index is 0. The van der Waals surface area contributed by atoms with Crippen molar-refractivity contribution in [2.24, 2.45) is 0 Å². The smallest absolute Gasteiger partial charge is 2.00 e. The second kappa shape index (κ2) is 35.4. The van der Waals surface area contributed by atoms with Crippen molar-refractivity contribution in [1.82, 2.24) is 0 Å². The Morgan fingerprint density at radius 3 is 0.800 bits per heavy atom. The van der Waals surface area contributed by atoms with Crippen molar-refractivity contribution < 1.29 is 78.4 Å². The van der Waals surface area contributed by atoms with Gasteiger partial charge in [-0.25, -0.2) is 0 Å². The first-order valence-electron chi connectivity index (χ1n) is 0. The molecular weight excluding hydrogens is 236 g/mol. The van der Waals surface area contributed by atoms with E-state index in [1.807, 2.05) is 0 Å². The van der Waals surface area contributed by atoms with Gasteiger partial charge in [0.25, 0.3) is 0 Å². The van der Waals surface area contributed by atoms with Crippen LogP contribution in [0, 0.1) is 0 Å². The molecule has 0 aliphatic rings. The Morgan fingerprint density at radius 2 is 0.800 bits per heavy atom. The standard InChI is InChI=1S/2O.Ti.Zn.Zr/q2*-2;+4;;. The van der Waals surface area contributed by atoms with E-state index in [9.17, 15) is 0 Å². The van der Waals surface area contributed by atoms with Crippen LogP contribution in [-0.2, 0) is 78.4 Å². The van der Waals surface area contributed by atoms with Crippen LogP contribution in [0.15, 0.2) is 0 Å². The van der Waals surface area contributed by atoms with E-state index < -0.39 is 0 Å². The molecule has 0 atom stereocenters. The van der Waals surface area contributed by atoms with E-state index in [-0.39, 0.29) is 78.4 Å². The zero-order valence-electron chi connectivity index (χ0n) is 2.52. The number of rotatable bonds is 0. The zero-order chi connectivity index (χ0) is 0. The summed E-state index contributed by atoms with van der Waals surface area (Å²) >= 11 is 0. The van der Waals surface area contributed by atoms with Gasteiger partial charge in [0, 0.05) is 45.7 Å². The summed E-state index contributed by atoms with van der Waals surface area (Å²) in [6, 6.07) is 0. The van der Waals surface area contributed by atoms with Gasteiger partial charge in [0.1, 0.15) is 0 Å². The summed E-state index contributed by atoms with van der Waals surface area (Å²) in [7, 11) is 0. The molecule has 0 aromatic rings. The van der Waals surface area contributed by atoms with Crippen LogP contribution in [0.4, 0.5) is 0 Å². The summed E-state index contributed by atoms with van der Waals surface area (Å²) in [5.74, 6) is 0. The summed E-state index contributed by atoms with van der Waals surface area (Å²) in [5, 5.41) is 0. The third-order valence-corrected chi connectivity index (χ3v) is 0. The van der Waals surface area contributed by atoms with E-state index in [2.05, 4.69) is 0 Å². The molecule has 5 heteroatoms. The Morgan fingerprint density at radius 1 is 0.800 bits per heavy atom. The van der Waals surface area contributed by atoms with Gasteiger partial charge in [-0.2, -0.15) is 0 Å². The normalized spacial score (nSPS) is 0. The minimum Gasteiger partial charge on any atom is -2.00 e. The maximum Gasteiger partial charge on any atom is 4.00 e. The Kier molecular flexibility index (Phi) is 416. The predicted molar refractivity (Wildman–Crippen MR) is 1.37 cm³/mol. The molecule has 0 rings (SSSR count). The summed E-state index contributed by atoms with van der Waals surface area (Å²) in [6.45, 7) is 0. The molecule has 0 bridgehead atoms. The van der Waals surface area contributed by atoms with Crippen molar-refractivity contribution >= 4 is 0 Å². The minimum absolute atomic E-state index is 0. The van der Waals surface area contributed by atoms with Gasteiger partial charge in [0.05, 0.1) is 0 Å². The van der Waals surface area contributed by atoms with Gasteiger partial charge >= 0.3 is 21.7 Å². The van der Waals surface area contributed by atoms with Crippen molar-refractivity contribution in [3.05, 3.63) is 0 Å². The minimum atomic E-state index is 0.